The lowest BCUT2D eigenvalue weighted by molar-refractivity contribution is 0.0663. The highest BCUT2D eigenvalue weighted by Gasteiger charge is 2.27. The van der Waals surface area contributed by atoms with Crippen LogP contribution in [-0.4, -0.2) is 24.9 Å². The van der Waals surface area contributed by atoms with E-state index in [4.69, 9.17) is 11.6 Å². The van der Waals surface area contributed by atoms with Crippen LogP contribution in [0.15, 0.2) is 67.5 Å². The zero-order chi connectivity index (χ0) is 16.1. The normalized spacial score (nSPS) is 14.0. The number of halogens is 1. The molecule has 1 N–H and O–H groups in total. The van der Waals surface area contributed by atoms with Crippen molar-refractivity contribution in [1.82, 2.24) is 19.7 Å². The number of hydrogen-bond donors (Lipinski definition) is 1. The minimum Gasteiger partial charge on any atom is -0.379 e. The zero-order valence-electron chi connectivity index (χ0n) is 12.2. The van der Waals surface area contributed by atoms with E-state index in [1.165, 1.54) is 6.33 Å². The number of benzene rings is 1. The van der Waals surface area contributed by atoms with Gasteiger partial charge in [-0.1, -0.05) is 29.8 Å². The van der Waals surface area contributed by atoms with Crippen LogP contribution in [0.5, 0.6) is 0 Å². The second kappa shape index (κ2) is 6.73. The third-order valence-corrected chi connectivity index (χ3v) is 3.72. The molecular formula is C17H15ClN4O. The van der Waals surface area contributed by atoms with Gasteiger partial charge in [-0.2, -0.15) is 5.10 Å². The van der Waals surface area contributed by atoms with Crippen LogP contribution in [0.2, 0.25) is 5.02 Å². The average molecular weight is 327 g/mol. The third-order valence-electron chi connectivity index (χ3n) is 3.47. The second-order valence-corrected chi connectivity index (χ2v) is 5.57. The Bertz CT molecular complexity index is 772. The highest BCUT2D eigenvalue weighted by atomic mass is 35.5. The molecule has 0 fully saturated rings. The first-order valence-electron chi connectivity index (χ1n) is 7.06. The average Bonchev–Trinajstić information content (AvgIpc) is 3.08. The first-order valence-corrected chi connectivity index (χ1v) is 7.44. The molecule has 0 aliphatic heterocycles. The van der Waals surface area contributed by atoms with Gasteiger partial charge >= 0.3 is 0 Å². The molecule has 0 unspecified atom stereocenters. The van der Waals surface area contributed by atoms with E-state index in [0.717, 1.165) is 11.1 Å². The van der Waals surface area contributed by atoms with Crippen LogP contribution in [0.25, 0.3) is 6.08 Å². The molecule has 0 saturated heterocycles. The minimum absolute atomic E-state index is 0.251. The molecule has 6 heteroatoms. The van der Waals surface area contributed by atoms with E-state index in [1.807, 2.05) is 30.3 Å². The fraction of sp³-hybridized carbons (Fsp3) is 0.118. The Kier molecular flexibility index (Phi) is 4.50. The van der Waals surface area contributed by atoms with Crippen molar-refractivity contribution in [1.29, 1.82) is 0 Å². The summed E-state index contributed by atoms with van der Waals surface area (Å²) in [5.41, 5.74) is 0.449. The molecule has 5 nitrogen and oxygen atoms in total. The van der Waals surface area contributed by atoms with Crippen LogP contribution in [0.1, 0.15) is 11.1 Å². The monoisotopic (exact) mass is 326 g/mol. The lowest BCUT2D eigenvalue weighted by Crippen LogP contribution is -2.29. The van der Waals surface area contributed by atoms with Crippen molar-refractivity contribution < 1.29 is 5.11 Å². The maximum absolute atomic E-state index is 11.1. The highest BCUT2D eigenvalue weighted by Crippen LogP contribution is 2.25. The van der Waals surface area contributed by atoms with Crippen molar-refractivity contribution in [3.05, 3.63) is 83.7 Å². The van der Waals surface area contributed by atoms with Gasteiger partial charge in [0, 0.05) is 17.4 Å². The van der Waals surface area contributed by atoms with E-state index >= 15 is 0 Å². The second-order valence-electron chi connectivity index (χ2n) is 5.14. The molecule has 0 bridgehead atoms. The summed E-state index contributed by atoms with van der Waals surface area (Å²) in [5, 5.41) is 15.9. The number of aliphatic hydroxyl groups is 1. The van der Waals surface area contributed by atoms with Crippen LogP contribution >= 0.6 is 11.6 Å². The van der Waals surface area contributed by atoms with E-state index in [1.54, 1.807) is 41.6 Å². The van der Waals surface area contributed by atoms with Crippen LogP contribution < -0.4 is 0 Å². The lowest BCUT2D eigenvalue weighted by Gasteiger charge is -2.25. The van der Waals surface area contributed by atoms with E-state index in [2.05, 4.69) is 15.1 Å². The van der Waals surface area contributed by atoms with E-state index < -0.39 is 5.60 Å². The van der Waals surface area contributed by atoms with Gasteiger partial charge < -0.3 is 5.11 Å². The van der Waals surface area contributed by atoms with Gasteiger partial charge in [0.2, 0.25) is 0 Å². The van der Waals surface area contributed by atoms with E-state index in [0.29, 0.717) is 5.02 Å². The van der Waals surface area contributed by atoms with Crippen LogP contribution in [-0.2, 0) is 12.1 Å². The Balaban J connectivity index is 1.93. The summed E-state index contributed by atoms with van der Waals surface area (Å²) in [4.78, 5) is 7.92. The molecule has 1 aromatic carbocycles. The van der Waals surface area contributed by atoms with Gasteiger partial charge in [-0.3, -0.25) is 4.98 Å². The molecule has 2 heterocycles. The van der Waals surface area contributed by atoms with Gasteiger partial charge in [0.05, 0.1) is 6.54 Å². The number of rotatable bonds is 5. The Morgan fingerprint density at radius 1 is 1.09 bits per heavy atom. The standard InChI is InChI=1S/C17H15ClN4O/c18-16-3-1-14(2-4-16)5-8-17(23,11-22-13-20-12-21-22)15-6-9-19-10-7-15/h1-10,12-13,23H,11H2/b8-5+/t17-/m0/s1. The topological polar surface area (TPSA) is 63.8 Å². The molecule has 0 aliphatic carbocycles. The summed E-state index contributed by atoms with van der Waals surface area (Å²) >= 11 is 5.89. The molecule has 116 valence electrons. The Hall–Kier alpha value is -2.50. The summed E-state index contributed by atoms with van der Waals surface area (Å²) in [7, 11) is 0. The molecule has 0 saturated carbocycles. The number of pyridine rings is 1. The molecule has 3 rings (SSSR count). The largest absolute Gasteiger partial charge is 0.379 e. The SMILES string of the molecule is O[C@@](/C=C/c1ccc(Cl)cc1)(Cn1cncn1)c1ccncc1. The zero-order valence-corrected chi connectivity index (χ0v) is 13.0. The van der Waals surface area contributed by atoms with Gasteiger partial charge in [-0.15, -0.1) is 0 Å². The lowest BCUT2D eigenvalue weighted by atomic mass is 9.93. The quantitative estimate of drug-likeness (QED) is 0.783. The predicted molar refractivity (Wildman–Crippen MR) is 88.6 cm³/mol. The maximum Gasteiger partial charge on any atom is 0.137 e. The summed E-state index contributed by atoms with van der Waals surface area (Å²) in [5.74, 6) is 0. The highest BCUT2D eigenvalue weighted by molar-refractivity contribution is 6.30. The van der Waals surface area contributed by atoms with Crippen molar-refractivity contribution in [2.75, 3.05) is 0 Å². The molecule has 1 atom stereocenters. The Labute approximate surface area is 138 Å². The Morgan fingerprint density at radius 3 is 2.48 bits per heavy atom. The summed E-state index contributed by atoms with van der Waals surface area (Å²) in [6, 6.07) is 11.0. The molecule has 0 radical (unpaired) electrons. The van der Waals surface area contributed by atoms with Gasteiger partial charge in [-0.25, -0.2) is 9.67 Å². The molecule has 0 amide bonds. The predicted octanol–water partition coefficient (Wildman–Crippen LogP) is 2.93. The molecule has 23 heavy (non-hydrogen) atoms. The molecule has 0 spiro atoms. The summed E-state index contributed by atoms with van der Waals surface area (Å²) in [6.45, 7) is 0.251. The van der Waals surface area contributed by atoms with Crippen molar-refractivity contribution in [3.8, 4) is 0 Å². The number of hydrogen-bond acceptors (Lipinski definition) is 4. The summed E-state index contributed by atoms with van der Waals surface area (Å²) in [6.07, 6.45) is 9.91. The van der Waals surface area contributed by atoms with Crippen LogP contribution in [0, 0.1) is 0 Å². The van der Waals surface area contributed by atoms with Crippen molar-refractivity contribution >= 4 is 17.7 Å². The van der Waals surface area contributed by atoms with E-state index in [9.17, 15) is 5.11 Å². The molecule has 2 aromatic heterocycles. The van der Waals surface area contributed by atoms with Crippen LogP contribution in [0.4, 0.5) is 0 Å². The number of aromatic nitrogens is 4. The van der Waals surface area contributed by atoms with Gasteiger partial charge in [0.15, 0.2) is 0 Å². The fourth-order valence-corrected chi connectivity index (χ4v) is 2.38. The van der Waals surface area contributed by atoms with Crippen LogP contribution in [0.3, 0.4) is 0 Å². The van der Waals surface area contributed by atoms with Gasteiger partial charge in [0.1, 0.15) is 18.3 Å². The van der Waals surface area contributed by atoms with Gasteiger partial charge in [-0.05, 0) is 41.5 Å². The molecular weight excluding hydrogens is 312 g/mol. The molecule has 0 aliphatic rings. The van der Waals surface area contributed by atoms with Crippen molar-refractivity contribution in [2.24, 2.45) is 0 Å². The van der Waals surface area contributed by atoms with E-state index in [-0.39, 0.29) is 6.54 Å². The smallest absolute Gasteiger partial charge is 0.137 e. The Morgan fingerprint density at radius 2 is 1.83 bits per heavy atom. The van der Waals surface area contributed by atoms with Crippen molar-refractivity contribution in [2.45, 2.75) is 12.1 Å². The summed E-state index contributed by atoms with van der Waals surface area (Å²) < 4.78 is 1.59. The minimum atomic E-state index is -1.23. The third kappa shape index (κ3) is 3.83. The van der Waals surface area contributed by atoms with Gasteiger partial charge in [0.25, 0.3) is 0 Å². The fourth-order valence-electron chi connectivity index (χ4n) is 2.25. The number of nitrogens with zero attached hydrogens (tertiary/aromatic N) is 4. The maximum atomic E-state index is 11.1. The first kappa shape index (κ1) is 15.4. The first-order chi connectivity index (χ1) is 11.2. The molecule has 3 aromatic rings. The van der Waals surface area contributed by atoms with Crippen molar-refractivity contribution in [3.63, 3.8) is 0 Å².